The standard InChI is InChI=1S/C25H23N3O6/c1-32-17-12-16(13-18(14-17)33-2)28-24(30)19-8-4-6-10-21(19)27(25(28)31)15-23(29)26-20-9-5-7-11-22(20)34-3/h4-14,19H,15H2,1-3H3/p+1. The number of rotatable bonds is 7. The summed E-state index contributed by atoms with van der Waals surface area (Å²) < 4.78 is 17.2. The minimum Gasteiger partial charge on any atom is -0.496 e. The van der Waals surface area contributed by atoms with Crippen LogP contribution >= 0.6 is 0 Å². The molecular formula is C25H24N3O6+. The number of imide groups is 1. The van der Waals surface area contributed by atoms with E-state index in [-0.39, 0.29) is 12.2 Å². The summed E-state index contributed by atoms with van der Waals surface area (Å²) in [5.74, 6) is -0.263. The molecule has 9 nitrogen and oxygen atoms in total. The molecule has 2 aliphatic rings. The Labute approximate surface area is 196 Å². The summed E-state index contributed by atoms with van der Waals surface area (Å²) in [6, 6.07) is 11.1. The monoisotopic (exact) mass is 462 g/mol. The number of amides is 4. The number of benzene rings is 2. The lowest BCUT2D eigenvalue weighted by Crippen LogP contribution is -2.56. The van der Waals surface area contributed by atoms with E-state index in [1.807, 2.05) is 0 Å². The number of urea groups is 1. The average Bonchev–Trinajstić information content (AvgIpc) is 2.86. The average molecular weight is 462 g/mol. The van der Waals surface area contributed by atoms with E-state index in [0.29, 0.717) is 28.6 Å². The number of nitrogens with zero attached hydrogens (tertiary/aromatic N) is 2. The van der Waals surface area contributed by atoms with Crippen LogP contribution in [0.3, 0.4) is 0 Å². The van der Waals surface area contributed by atoms with E-state index in [1.165, 1.54) is 25.9 Å². The molecule has 1 aliphatic heterocycles. The van der Waals surface area contributed by atoms with Crippen molar-refractivity contribution in [1.82, 2.24) is 0 Å². The molecular weight excluding hydrogens is 438 g/mol. The second-order valence-electron chi connectivity index (χ2n) is 7.51. The first kappa shape index (κ1) is 22.8. The van der Waals surface area contributed by atoms with Gasteiger partial charge in [-0.2, -0.15) is 9.37 Å². The van der Waals surface area contributed by atoms with Crippen molar-refractivity contribution in [3.63, 3.8) is 0 Å². The highest BCUT2D eigenvalue weighted by Crippen LogP contribution is 2.32. The van der Waals surface area contributed by atoms with E-state index < -0.39 is 23.8 Å². The van der Waals surface area contributed by atoms with Crippen molar-refractivity contribution in [1.29, 1.82) is 0 Å². The summed E-state index contributed by atoms with van der Waals surface area (Å²) in [6.07, 6.45) is 6.82. The Morgan fingerprint density at radius 2 is 1.71 bits per heavy atom. The highest BCUT2D eigenvalue weighted by atomic mass is 16.5. The molecule has 0 saturated heterocycles. The number of nitrogens with one attached hydrogen (secondary N) is 1. The Hall–Kier alpha value is -4.40. The lowest BCUT2D eigenvalue weighted by molar-refractivity contribution is -0.416. The van der Waals surface area contributed by atoms with Crippen molar-refractivity contribution in [3.05, 3.63) is 66.8 Å². The summed E-state index contributed by atoms with van der Waals surface area (Å²) in [5, 5.41) is 2.77. The van der Waals surface area contributed by atoms with Crippen LogP contribution in [0.5, 0.6) is 17.2 Å². The van der Waals surface area contributed by atoms with Crippen LogP contribution in [0, 0.1) is 5.92 Å². The molecule has 1 unspecified atom stereocenters. The lowest BCUT2D eigenvalue weighted by atomic mass is 9.94. The fourth-order valence-corrected chi connectivity index (χ4v) is 3.86. The SMILES string of the molecule is COc1cc(OC)cc(N2C(=O)C3C=CC=CC3=[N+](CC(=O)Nc3ccccc3OC)C2=O)c1. The van der Waals surface area contributed by atoms with Gasteiger partial charge in [0.1, 0.15) is 34.6 Å². The highest BCUT2D eigenvalue weighted by Gasteiger charge is 2.48. The van der Waals surface area contributed by atoms with Crippen LogP contribution in [0.1, 0.15) is 0 Å². The number of carbonyl (C=O) groups is 3. The summed E-state index contributed by atoms with van der Waals surface area (Å²) in [4.78, 5) is 40.9. The predicted molar refractivity (Wildman–Crippen MR) is 126 cm³/mol. The second kappa shape index (κ2) is 9.62. The van der Waals surface area contributed by atoms with Crippen LogP contribution in [-0.4, -0.2) is 56.0 Å². The number of carbonyl (C=O) groups excluding carboxylic acids is 3. The van der Waals surface area contributed by atoms with Gasteiger partial charge in [-0.05, 0) is 18.2 Å². The second-order valence-corrected chi connectivity index (χ2v) is 7.51. The van der Waals surface area contributed by atoms with Crippen LogP contribution in [0.25, 0.3) is 0 Å². The topological polar surface area (TPSA) is 97.2 Å². The molecule has 174 valence electrons. The Kier molecular flexibility index (Phi) is 6.44. The minimum absolute atomic E-state index is 0.281. The Morgan fingerprint density at radius 1 is 1.00 bits per heavy atom. The molecule has 0 spiro atoms. The number of anilines is 2. The molecule has 0 fully saturated rings. The van der Waals surface area contributed by atoms with Crippen molar-refractivity contribution in [2.24, 2.45) is 5.92 Å². The minimum atomic E-state index is -0.723. The molecule has 1 N–H and O–H groups in total. The number of hydrogen-bond acceptors (Lipinski definition) is 6. The first-order valence-corrected chi connectivity index (χ1v) is 10.5. The van der Waals surface area contributed by atoms with Gasteiger partial charge in [-0.25, -0.2) is 4.79 Å². The number of allylic oxidation sites excluding steroid dienone is 3. The number of para-hydroxylation sites is 2. The van der Waals surface area contributed by atoms with E-state index >= 15 is 0 Å². The smallest absolute Gasteiger partial charge is 0.496 e. The number of methoxy groups -OCH3 is 3. The van der Waals surface area contributed by atoms with E-state index in [9.17, 15) is 14.4 Å². The quantitative estimate of drug-likeness (QED) is 0.636. The highest BCUT2D eigenvalue weighted by molar-refractivity contribution is 6.26. The zero-order valence-electron chi connectivity index (χ0n) is 19.0. The van der Waals surface area contributed by atoms with Gasteiger partial charge in [-0.15, -0.1) is 4.90 Å². The third-order valence-electron chi connectivity index (χ3n) is 5.50. The first-order valence-electron chi connectivity index (χ1n) is 10.5. The van der Waals surface area contributed by atoms with Gasteiger partial charge in [0.05, 0.1) is 27.0 Å². The largest absolute Gasteiger partial charge is 0.506 e. The molecule has 1 heterocycles. The van der Waals surface area contributed by atoms with Crippen molar-refractivity contribution in [2.45, 2.75) is 0 Å². The summed E-state index contributed by atoms with van der Waals surface area (Å²) in [5.41, 5.74) is 1.19. The molecule has 0 aromatic heterocycles. The molecule has 2 aromatic rings. The third-order valence-corrected chi connectivity index (χ3v) is 5.50. The van der Waals surface area contributed by atoms with Gasteiger partial charge in [0.2, 0.25) is 0 Å². The van der Waals surface area contributed by atoms with E-state index in [1.54, 1.807) is 66.8 Å². The van der Waals surface area contributed by atoms with Crippen LogP contribution in [0.4, 0.5) is 16.2 Å². The molecule has 9 heteroatoms. The van der Waals surface area contributed by atoms with Crippen LogP contribution < -0.4 is 24.4 Å². The molecule has 0 saturated carbocycles. The molecule has 1 aliphatic carbocycles. The van der Waals surface area contributed by atoms with E-state index in [2.05, 4.69) is 5.32 Å². The van der Waals surface area contributed by atoms with E-state index in [0.717, 1.165) is 4.90 Å². The summed E-state index contributed by atoms with van der Waals surface area (Å²) >= 11 is 0. The van der Waals surface area contributed by atoms with Crippen LogP contribution in [-0.2, 0) is 9.59 Å². The van der Waals surface area contributed by atoms with Gasteiger partial charge >= 0.3 is 11.9 Å². The Morgan fingerprint density at radius 3 is 2.38 bits per heavy atom. The van der Waals surface area contributed by atoms with Crippen LogP contribution in [0.2, 0.25) is 0 Å². The van der Waals surface area contributed by atoms with Crippen molar-refractivity contribution >= 4 is 34.9 Å². The maximum absolute atomic E-state index is 13.6. The van der Waals surface area contributed by atoms with Gasteiger partial charge < -0.3 is 19.5 Å². The summed E-state index contributed by atoms with van der Waals surface area (Å²) in [7, 11) is 4.46. The van der Waals surface area contributed by atoms with Crippen molar-refractivity contribution in [3.8, 4) is 17.2 Å². The van der Waals surface area contributed by atoms with Crippen molar-refractivity contribution < 1.29 is 33.2 Å². The predicted octanol–water partition coefficient (Wildman–Crippen LogP) is 3.01. The first-order chi connectivity index (χ1) is 16.5. The molecule has 0 bridgehead atoms. The van der Waals surface area contributed by atoms with Gasteiger partial charge in [0, 0.05) is 18.2 Å². The van der Waals surface area contributed by atoms with Gasteiger partial charge in [0.25, 0.3) is 5.91 Å². The number of hydrogen-bond donors (Lipinski definition) is 1. The maximum atomic E-state index is 13.6. The van der Waals surface area contributed by atoms with Crippen molar-refractivity contribution in [2.75, 3.05) is 38.1 Å². The molecule has 0 radical (unpaired) electrons. The Bertz CT molecular complexity index is 1220. The molecule has 34 heavy (non-hydrogen) atoms. The fraction of sp³-hybridized carbons (Fsp3) is 0.200. The normalized spacial score (nSPS) is 16.9. The number of ether oxygens (including phenoxy) is 3. The molecule has 4 amide bonds. The molecule has 1 atom stereocenters. The molecule has 4 rings (SSSR count). The van der Waals surface area contributed by atoms with Gasteiger partial charge in [0.15, 0.2) is 6.54 Å². The Balaban J connectivity index is 1.71. The third kappa shape index (κ3) is 4.27. The van der Waals surface area contributed by atoms with Gasteiger partial charge in [-0.1, -0.05) is 30.4 Å². The maximum Gasteiger partial charge on any atom is 0.506 e. The van der Waals surface area contributed by atoms with E-state index in [4.69, 9.17) is 14.2 Å². The van der Waals surface area contributed by atoms with Gasteiger partial charge in [-0.3, -0.25) is 4.79 Å². The summed E-state index contributed by atoms with van der Waals surface area (Å²) in [6.45, 7) is -0.300. The molecule has 2 aromatic carbocycles. The zero-order chi connectivity index (χ0) is 24.2. The number of fused-ring (bicyclic) bond motifs is 1. The lowest BCUT2D eigenvalue weighted by Gasteiger charge is -2.26. The zero-order valence-corrected chi connectivity index (χ0v) is 19.0. The van der Waals surface area contributed by atoms with Crippen LogP contribution in [0.15, 0.2) is 66.8 Å². The fourth-order valence-electron chi connectivity index (χ4n) is 3.86.